The van der Waals surface area contributed by atoms with Crippen molar-refractivity contribution < 1.29 is 0 Å². The van der Waals surface area contributed by atoms with E-state index in [0.717, 1.165) is 32.1 Å². The molecule has 0 amide bonds. The SMILES string of the molecule is CCNC(=NCC(C)CN1CCN(C)CC1)N(C)Cc1ccc(SC)cc1.I. The molecular formula is C21H38IN5S. The number of guanidine groups is 1. The van der Waals surface area contributed by atoms with Crippen LogP contribution in [0.15, 0.2) is 34.2 Å². The highest BCUT2D eigenvalue weighted by Gasteiger charge is 2.16. The van der Waals surface area contributed by atoms with Crippen molar-refractivity contribution in [1.29, 1.82) is 0 Å². The summed E-state index contributed by atoms with van der Waals surface area (Å²) in [5, 5.41) is 3.44. The molecule has 1 saturated heterocycles. The van der Waals surface area contributed by atoms with Gasteiger partial charge in [-0.3, -0.25) is 4.99 Å². The van der Waals surface area contributed by atoms with Gasteiger partial charge in [0.05, 0.1) is 0 Å². The van der Waals surface area contributed by atoms with Crippen LogP contribution >= 0.6 is 35.7 Å². The Morgan fingerprint density at radius 2 is 1.86 bits per heavy atom. The Kier molecular flexibility index (Phi) is 12.5. The van der Waals surface area contributed by atoms with Gasteiger partial charge in [-0.2, -0.15) is 0 Å². The third-order valence-electron chi connectivity index (χ3n) is 4.99. The average Bonchev–Trinajstić information content (AvgIpc) is 2.67. The first kappa shape index (κ1) is 25.5. The number of halogens is 1. The summed E-state index contributed by atoms with van der Waals surface area (Å²) >= 11 is 1.78. The van der Waals surface area contributed by atoms with Gasteiger partial charge in [0.1, 0.15) is 0 Å². The molecule has 1 fully saturated rings. The first-order valence-corrected chi connectivity index (χ1v) is 11.3. The van der Waals surface area contributed by atoms with Crippen LogP contribution in [0.5, 0.6) is 0 Å². The van der Waals surface area contributed by atoms with E-state index < -0.39 is 0 Å². The minimum Gasteiger partial charge on any atom is -0.357 e. The van der Waals surface area contributed by atoms with Crippen molar-refractivity contribution in [2.45, 2.75) is 25.3 Å². The van der Waals surface area contributed by atoms with Crippen LogP contribution in [0.2, 0.25) is 0 Å². The second kappa shape index (κ2) is 13.7. The molecule has 1 atom stereocenters. The molecule has 1 aromatic rings. The zero-order chi connectivity index (χ0) is 19.6. The fourth-order valence-corrected chi connectivity index (χ4v) is 3.73. The van der Waals surface area contributed by atoms with Crippen molar-refractivity contribution in [3.63, 3.8) is 0 Å². The van der Waals surface area contributed by atoms with Gasteiger partial charge in [-0.05, 0) is 43.8 Å². The monoisotopic (exact) mass is 519 g/mol. The molecule has 1 unspecified atom stereocenters. The number of hydrogen-bond donors (Lipinski definition) is 1. The van der Waals surface area contributed by atoms with Crippen LogP contribution in [-0.2, 0) is 6.54 Å². The molecule has 0 spiro atoms. The fourth-order valence-electron chi connectivity index (χ4n) is 3.32. The van der Waals surface area contributed by atoms with Crippen LogP contribution in [0.1, 0.15) is 19.4 Å². The molecule has 7 heteroatoms. The fraction of sp³-hybridized carbons (Fsp3) is 0.667. The van der Waals surface area contributed by atoms with Crippen molar-refractivity contribution in [3.8, 4) is 0 Å². The third-order valence-corrected chi connectivity index (χ3v) is 5.74. The largest absolute Gasteiger partial charge is 0.357 e. The maximum absolute atomic E-state index is 4.91. The Labute approximate surface area is 193 Å². The number of rotatable bonds is 8. The molecule has 28 heavy (non-hydrogen) atoms. The second-order valence-corrected chi connectivity index (χ2v) is 8.49. The molecule has 160 valence electrons. The predicted octanol–water partition coefficient (Wildman–Crippen LogP) is 3.31. The van der Waals surface area contributed by atoms with Gasteiger partial charge in [0, 0.05) is 64.3 Å². The van der Waals surface area contributed by atoms with Gasteiger partial charge in [0.2, 0.25) is 0 Å². The molecule has 0 aromatic heterocycles. The summed E-state index contributed by atoms with van der Waals surface area (Å²) in [5.41, 5.74) is 1.31. The maximum Gasteiger partial charge on any atom is 0.193 e. The number of piperazine rings is 1. The summed E-state index contributed by atoms with van der Waals surface area (Å²) in [5.74, 6) is 1.56. The van der Waals surface area contributed by atoms with Gasteiger partial charge in [0.15, 0.2) is 5.96 Å². The van der Waals surface area contributed by atoms with Crippen LogP contribution in [0.4, 0.5) is 0 Å². The average molecular weight is 520 g/mol. The lowest BCUT2D eigenvalue weighted by Crippen LogP contribution is -2.46. The van der Waals surface area contributed by atoms with E-state index in [9.17, 15) is 0 Å². The summed E-state index contributed by atoms with van der Waals surface area (Å²) in [4.78, 5) is 13.4. The number of nitrogens with one attached hydrogen (secondary N) is 1. The zero-order valence-corrected chi connectivity index (χ0v) is 21.3. The van der Waals surface area contributed by atoms with Crippen molar-refractivity contribution >= 4 is 41.7 Å². The highest BCUT2D eigenvalue weighted by molar-refractivity contribution is 14.0. The normalized spacial score (nSPS) is 17.1. The highest BCUT2D eigenvalue weighted by Crippen LogP contribution is 2.15. The van der Waals surface area contributed by atoms with Gasteiger partial charge in [0.25, 0.3) is 0 Å². The van der Waals surface area contributed by atoms with Crippen LogP contribution in [-0.4, -0.2) is 86.8 Å². The first-order chi connectivity index (χ1) is 13.0. The Balaban J connectivity index is 0.00000392. The summed E-state index contributed by atoms with van der Waals surface area (Å²) in [6.07, 6.45) is 2.11. The van der Waals surface area contributed by atoms with E-state index in [-0.39, 0.29) is 24.0 Å². The van der Waals surface area contributed by atoms with Gasteiger partial charge in [-0.1, -0.05) is 19.1 Å². The number of aliphatic imine (C=N–C) groups is 1. The molecule has 5 nitrogen and oxygen atoms in total. The van der Waals surface area contributed by atoms with Gasteiger partial charge in [-0.25, -0.2) is 0 Å². The van der Waals surface area contributed by atoms with Crippen LogP contribution in [0, 0.1) is 5.92 Å². The number of nitrogens with zero attached hydrogens (tertiary/aromatic N) is 4. The molecule has 1 N–H and O–H groups in total. The molecule has 0 radical (unpaired) electrons. The smallest absolute Gasteiger partial charge is 0.193 e. The van der Waals surface area contributed by atoms with Crippen LogP contribution in [0.3, 0.4) is 0 Å². The molecule has 0 bridgehead atoms. The van der Waals surface area contributed by atoms with E-state index >= 15 is 0 Å². The summed E-state index contributed by atoms with van der Waals surface area (Å²) in [7, 11) is 4.33. The molecule has 1 heterocycles. The molecule has 2 rings (SSSR count). The predicted molar refractivity (Wildman–Crippen MR) is 134 cm³/mol. The Morgan fingerprint density at radius 1 is 1.21 bits per heavy atom. The lowest BCUT2D eigenvalue weighted by Gasteiger charge is -2.33. The second-order valence-electron chi connectivity index (χ2n) is 7.61. The number of thioether (sulfide) groups is 1. The first-order valence-electron chi connectivity index (χ1n) is 10.0. The Morgan fingerprint density at radius 3 is 2.43 bits per heavy atom. The van der Waals surface area contributed by atoms with Crippen LogP contribution in [0.25, 0.3) is 0 Å². The summed E-state index contributed by atoms with van der Waals surface area (Å²) in [6, 6.07) is 8.80. The zero-order valence-electron chi connectivity index (χ0n) is 18.1. The van der Waals surface area contributed by atoms with E-state index in [1.807, 2.05) is 0 Å². The van der Waals surface area contributed by atoms with E-state index in [2.05, 4.69) is 78.5 Å². The third kappa shape index (κ3) is 8.88. The quantitative estimate of drug-likeness (QED) is 0.247. The molecule has 1 aliphatic rings. The Bertz CT molecular complexity index is 573. The minimum atomic E-state index is 0. The van der Waals surface area contributed by atoms with E-state index in [4.69, 9.17) is 4.99 Å². The topological polar surface area (TPSA) is 34.1 Å². The summed E-state index contributed by atoms with van der Waals surface area (Å²) in [6.45, 7) is 12.9. The minimum absolute atomic E-state index is 0. The van der Waals surface area contributed by atoms with Crippen molar-refractivity contribution in [2.24, 2.45) is 10.9 Å². The molecule has 1 aliphatic heterocycles. The van der Waals surface area contributed by atoms with Gasteiger partial charge >= 0.3 is 0 Å². The van der Waals surface area contributed by atoms with E-state index in [0.29, 0.717) is 5.92 Å². The number of likely N-dealkylation sites (N-methyl/N-ethyl adjacent to an activating group) is 1. The van der Waals surface area contributed by atoms with Crippen molar-refractivity contribution in [1.82, 2.24) is 20.0 Å². The molecule has 0 aliphatic carbocycles. The van der Waals surface area contributed by atoms with E-state index in [1.165, 1.54) is 36.6 Å². The molecule has 0 saturated carbocycles. The van der Waals surface area contributed by atoms with Gasteiger partial charge < -0.3 is 20.0 Å². The van der Waals surface area contributed by atoms with Crippen molar-refractivity contribution in [2.75, 3.05) is 66.2 Å². The Hall–Kier alpha value is -0.510. The van der Waals surface area contributed by atoms with Crippen LogP contribution < -0.4 is 5.32 Å². The number of hydrogen-bond acceptors (Lipinski definition) is 4. The lowest BCUT2D eigenvalue weighted by atomic mass is 10.1. The lowest BCUT2D eigenvalue weighted by molar-refractivity contribution is 0.140. The van der Waals surface area contributed by atoms with Crippen molar-refractivity contribution in [3.05, 3.63) is 29.8 Å². The molecule has 1 aromatic carbocycles. The highest BCUT2D eigenvalue weighted by atomic mass is 127. The van der Waals surface area contributed by atoms with Gasteiger partial charge in [-0.15, -0.1) is 35.7 Å². The summed E-state index contributed by atoms with van der Waals surface area (Å²) < 4.78 is 0. The molecular weight excluding hydrogens is 481 g/mol. The standard InChI is InChI=1S/C21H37N5S.HI/c1-6-22-21(25(4)17-19-7-9-20(27-5)10-8-19)23-15-18(2)16-26-13-11-24(3)12-14-26;/h7-10,18H,6,11-17H2,1-5H3,(H,22,23);1H. The van der Waals surface area contributed by atoms with E-state index in [1.54, 1.807) is 11.8 Å². The maximum atomic E-state index is 4.91. The number of benzene rings is 1.